The van der Waals surface area contributed by atoms with Crippen molar-refractivity contribution < 1.29 is 0 Å². The Morgan fingerprint density at radius 2 is 2.05 bits per heavy atom. The van der Waals surface area contributed by atoms with Gasteiger partial charge in [0.2, 0.25) is 0 Å². The number of aromatic amines is 1. The van der Waals surface area contributed by atoms with Gasteiger partial charge in [0.1, 0.15) is 0 Å². The molecule has 0 aliphatic rings. The number of nitrogens with zero attached hydrogens (tertiary/aromatic N) is 1. The predicted octanol–water partition coefficient (Wildman–Crippen LogP) is 4.03. The lowest BCUT2D eigenvalue weighted by Gasteiger charge is -2.19. The van der Waals surface area contributed by atoms with Crippen LogP contribution in [0.4, 0.5) is 0 Å². The molecule has 0 saturated carbocycles. The molecule has 1 aromatic heterocycles. The molecule has 0 fully saturated rings. The van der Waals surface area contributed by atoms with E-state index in [1.807, 2.05) is 6.08 Å². The third-order valence-electron chi connectivity index (χ3n) is 3.30. The second-order valence-electron chi connectivity index (χ2n) is 4.70. The van der Waals surface area contributed by atoms with Crippen molar-refractivity contribution in [1.29, 1.82) is 0 Å². The van der Waals surface area contributed by atoms with Crippen LogP contribution in [-0.2, 0) is 6.42 Å². The smallest absolute Gasteiger partial charge is 0.0456 e. The molecule has 2 nitrogen and oxygen atoms in total. The fraction of sp³-hybridized carbons (Fsp3) is 0.375. The summed E-state index contributed by atoms with van der Waals surface area (Å²) >= 11 is 0. The maximum absolute atomic E-state index is 3.83. The van der Waals surface area contributed by atoms with Crippen LogP contribution in [0.3, 0.4) is 0 Å². The third kappa shape index (κ3) is 4.12. The minimum atomic E-state index is 0. The molecule has 19 heavy (non-hydrogen) atoms. The van der Waals surface area contributed by atoms with Crippen molar-refractivity contribution in [2.75, 3.05) is 19.6 Å². The van der Waals surface area contributed by atoms with Crippen molar-refractivity contribution in [1.82, 2.24) is 9.88 Å². The Morgan fingerprint density at radius 3 is 2.79 bits per heavy atom. The quantitative estimate of drug-likeness (QED) is 0.758. The minimum Gasteiger partial charge on any atom is -0.361 e. The zero-order valence-electron chi connectivity index (χ0n) is 11.6. The molecule has 104 valence electrons. The fourth-order valence-corrected chi connectivity index (χ4v) is 2.41. The van der Waals surface area contributed by atoms with Crippen LogP contribution < -0.4 is 0 Å². The Bertz CT molecular complexity index is 504. The summed E-state index contributed by atoms with van der Waals surface area (Å²) in [5, 5.41) is 1.35. The molecule has 1 heterocycles. The molecule has 0 radical (unpaired) electrons. The minimum absolute atomic E-state index is 0. The Labute approximate surface area is 121 Å². The van der Waals surface area contributed by atoms with E-state index in [0.717, 1.165) is 26.1 Å². The van der Waals surface area contributed by atoms with Crippen LogP contribution >= 0.6 is 12.4 Å². The van der Waals surface area contributed by atoms with Crippen molar-refractivity contribution in [3.63, 3.8) is 0 Å². The van der Waals surface area contributed by atoms with Gasteiger partial charge < -0.3 is 4.98 Å². The van der Waals surface area contributed by atoms with E-state index in [2.05, 4.69) is 53.8 Å². The van der Waals surface area contributed by atoms with Crippen molar-refractivity contribution >= 4 is 23.3 Å². The summed E-state index contributed by atoms with van der Waals surface area (Å²) in [6.07, 6.45) is 6.42. The van der Waals surface area contributed by atoms with Gasteiger partial charge in [0.25, 0.3) is 0 Å². The number of hydrogen-bond acceptors (Lipinski definition) is 1. The highest BCUT2D eigenvalue weighted by molar-refractivity contribution is 5.85. The van der Waals surface area contributed by atoms with E-state index in [-0.39, 0.29) is 12.4 Å². The van der Waals surface area contributed by atoms with Gasteiger partial charge in [-0.1, -0.05) is 31.2 Å². The molecule has 2 rings (SSSR count). The largest absolute Gasteiger partial charge is 0.361 e. The summed E-state index contributed by atoms with van der Waals surface area (Å²) in [4.78, 5) is 5.79. The highest BCUT2D eigenvalue weighted by atomic mass is 35.5. The third-order valence-corrected chi connectivity index (χ3v) is 3.30. The van der Waals surface area contributed by atoms with Gasteiger partial charge in [0, 0.05) is 30.2 Å². The summed E-state index contributed by atoms with van der Waals surface area (Å²) in [5.74, 6) is 0. The van der Waals surface area contributed by atoms with E-state index < -0.39 is 0 Å². The first kappa shape index (κ1) is 15.8. The van der Waals surface area contributed by atoms with Gasteiger partial charge in [-0.25, -0.2) is 0 Å². The van der Waals surface area contributed by atoms with E-state index in [1.165, 1.54) is 22.9 Å². The number of aromatic nitrogens is 1. The Morgan fingerprint density at radius 1 is 1.26 bits per heavy atom. The molecule has 0 amide bonds. The molecule has 0 atom stereocenters. The first-order valence-corrected chi connectivity index (χ1v) is 6.73. The van der Waals surface area contributed by atoms with Gasteiger partial charge >= 0.3 is 0 Å². The maximum Gasteiger partial charge on any atom is 0.0456 e. The lowest BCUT2D eigenvalue weighted by molar-refractivity contribution is 0.307. The lowest BCUT2D eigenvalue weighted by Crippen LogP contribution is -2.27. The molecule has 0 aliphatic carbocycles. The standard InChI is InChI=1S/C16H22N2.ClH/c1-3-10-18(11-4-2)12-9-14-13-17-16-8-6-5-7-15(14)16;/h3,5-8,13,17H,1,4,9-12H2,2H3;1H. The predicted molar refractivity (Wildman–Crippen MR) is 86.2 cm³/mol. The van der Waals surface area contributed by atoms with Crippen molar-refractivity contribution in [3.05, 3.63) is 48.7 Å². The van der Waals surface area contributed by atoms with Gasteiger partial charge in [0.05, 0.1) is 0 Å². The number of benzene rings is 1. The molecular weight excluding hydrogens is 256 g/mol. The highest BCUT2D eigenvalue weighted by Gasteiger charge is 2.06. The number of halogens is 1. The van der Waals surface area contributed by atoms with E-state index in [0.29, 0.717) is 0 Å². The van der Waals surface area contributed by atoms with Gasteiger partial charge in [-0.05, 0) is 31.0 Å². The monoisotopic (exact) mass is 278 g/mol. The maximum atomic E-state index is 3.83. The van der Waals surface area contributed by atoms with Crippen molar-refractivity contribution in [3.8, 4) is 0 Å². The summed E-state index contributed by atoms with van der Waals surface area (Å²) in [7, 11) is 0. The second kappa shape index (κ2) is 8.03. The molecule has 0 bridgehead atoms. The van der Waals surface area contributed by atoms with E-state index in [1.54, 1.807) is 0 Å². The Kier molecular flexibility index (Phi) is 6.68. The number of hydrogen-bond donors (Lipinski definition) is 1. The number of nitrogens with one attached hydrogen (secondary N) is 1. The zero-order chi connectivity index (χ0) is 12.8. The van der Waals surface area contributed by atoms with Crippen LogP contribution in [0.1, 0.15) is 18.9 Å². The number of fused-ring (bicyclic) bond motifs is 1. The molecular formula is C16H23ClN2. The number of H-pyrrole nitrogens is 1. The zero-order valence-corrected chi connectivity index (χ0v) is 12.4. The van der Waals surface area contributed by atoms with E-state index >= 15 is 0 Å². The molecule has 1 N–H and O–H groups in total. The van der Waals surface area contributed by atoms with E-state index in [9.17, 15) is 0 Å². The molecule has 2 aromatic rings. The Hall–Kier alpha value is -1.25. The highest BCUT2D eigenvalue weighted by Crippen LogP contribution is 2.18. The first-order chi connectivity index (χ1) is 8.85. The number of para-hydroxylation sites is 1. The SMILES string of the molecule is C=CCN(CCC)CCc1c[nH]c2ccccc12.Cl. The lowest BCUT2D eigenvalue weighted by atomic mass is 10.1. The molecule has 0 spiro atoms. The van der Waals surface area contributed by atoms with Crippen LogP contribution in [0, 0.1) is 0 Å². The van der Waals surface area contributed by atoms with Crippen molar-refractivity contribution in [2.45, 2.75) is 19.8 Å². The fourth-order valence-electron chi connectivity index (χ4n) is 2.41. The van der Waals surface area contributed by atoms with Crippen LogP contribution in [0.5, 0.6) is 0 Å². The van der Waals surface area contributed by atoms with Crippen LogP contribution in [-0.4, -0.2) is 29.5 Å². The molecule has 0 aliphatic heterocycles. The first-order valence-electron chi connectivity index (χ1n) is 6.73. The van der Waals surface area contributed by atoms with Crippen molar-refractivity contribution in [2.24, 2.45) is 0 Å². The Balaban J connectivity index is 0.00000180. The van der Waals surface area contributed by atoms with E-state index in [4.69, 9.17) is 0 Å². The number of rotatable bonds is 7. The summed E-state index contributed by atoms with van der Waals surface area (Å²) < 4.78 is 0. The van der Waals surface area contributed by atoms with Gasteiger partial charge in [0.15, 0.2) is 0 Å². The molecule has 0 saturated heterocycles. The van der Waals surface area contributed by atoms with Crippen LogP contribution in [0.15, 0.2) is 43.1 Å². The van der Waals surface area contributed by atoms with Gasteiger partial charge in [-0.15, -0.1) is 19.0 Å². The second-order valence-corrected chi connectivity index (χ2v) is 4.70. The summed E-state index contributed by atoms with van der Waals surface area (Å²) in [6, 6.07) is 8.50. The average Bonchev–Trinajstić information content (AvgIpc) is 2.80. The average molecular weight is 279 g/mol. The normalized spacial score (nSPS) is 10.6. The van der Waals surface area contributed by atoms with Gasteiger partial charge in [-0.2, -0.15) is 0 Å². The van der Waals surface area contributed by atoms with Crippen LogP contribution in [0.2, 0.25) is 0 Å². The summed E-state index contributed by atoms with van der Waals surface area (Å²) in [5.41, 5.74) is 2.65. The topological polar surface area (TPSA) is 19.0 Å². The van der Waals surface area contributed by atoms with Gasteiger partial charge in [-0.3, -0.25) is 4.90 Å². The molecule has 1 aromatic carbocycles. The summed E-state index contributed by atoms with van der Waals surface area (Å²) in [6.45, 7) is 9.28. The molecule has 3 heteroatoms. The van der Waals surface area contributed by atoms with Crippen LogP contribution in [0.25, 0.3) is 10.9 Å². The molecule has 0 unspecified atom stereocenters.